The Labute approximate surface area is 221 Å². The molecule has 1 heterocycles. The predicted molar refractivity (Wildman–Crippen MR) is 148 cm³/mol. The number of carbonyl (C=O) groups is 2. The Kier molecular flexibility index (Phi) is 18.2. The largest absolute Gasteiger partial charge is 0.444 e. The number of nitrogens with zero attached hydrogens (tertiary/aromatic N) is 1. The third-order valence-electron chi connectivity index (χ3n) is 6.20. The number of hydrogen-bond acceptors (Lipinski definition) is 5. The van der Waals surface area contributed by atoms with E-state index in [1.54, 1.807) is 0 Å². The van der Waals surface area contributed by atoms with Crippen LogP contribution in [0.25, 0.3) is 0 Å². The van der Waals surface area contributed by atoms with Crippen molar-refractivity contribution in [2.24, 2.45) is 5.92 Å². The first-order valence-corrected chi connectivity index (χ1v) is 13.9. The molecule has 6 nitrogen and oxygen atoms in total. The number of rotatable bonds is 6. The summed E-state index contributed by atoms with van der Waals surface area (Å²) in [5.74, 6) is 0.428. The molecular formula is C30H53NO5. The fraction of sp³-hybridized carbons (Fsp3) is 0.733. The zero-order chi connectivity index (χ0) is 27.6. The van der Waals surface area contributed by atoms with Gasteiger partial charge in [-0.25, -0.2) is 4.79 Å². The minimum absolute atomic E-state index is 0.0978. The van der Waals surface area contributed by atoms with Crippen LogP contribution in [0.15, 0.2) is 30.3 Å². The summed E-state index contributed by atoms with van der Waals surface area (Å²) >= 11 is 0. The van der Waals surface area contributed by atoms with E-state index < -0.39 is 5.60 Å². The molecule has 1 aliphatic heterocycles. The molecule has 1 aliphatic carbocycles. The summed E-state index contributed by atoms with van der Waals surface area (Å²) in [6.07, 6.45) is 6.64. The van der Waals surface area contributed by atoms with Crippen molar-refractivity contribution in [3.63, 3.8) is 0 Å². The van der Waals surface area contributed by atoms with Crippen LogP contribution in [0.2, 0.25) is 0 Å². The number of piperidine rings is 1. The molecule has 2 aliphatic rings. The molecule has 0 bridgehead atoms. The molecule has 1 aromatic carbocycles. The maximum absolute atomic E-state index is 12.7. The van der Waals surface area contributed by atoms with Crippen molar-refractivity contribution in [2.45, 2.75) is 124 Å². The van der Waals surface area contributed by atoms with E-state index in [1.165, 1.54) is 5.56 Å². The van der Waals surface area contributed by atoms with Crippen LogP contribution in [0.1, 0.15) is 99.5 Å². The van der Waals surface area contributed by atoms with Crippen molar-refractivity contribution in [2.75, 3.05) is 13.2 Å². The van der Waals surface area contributed by atoms with Crippen LogP contribution in [0.3, 0.4) is 0 Å². The number of ether oxygens (including phenoxy) is 3. The summed E-state index contributed by atoms with van der Waals surface area (Å²) in [5, 5.41) is 0. The van der Waals surface area contributed by atoms with Gasteiger partial charge in [0.05, 0.1) is 31.5 Å². The normalized spacial score (nSPS) is 23.5. The average molecular weight is 508 g/mol. The lowest BCUT2D eigenvalue weighted by Gasteiger charge is -2.41. The van der Waals surface area contributed by atoms with Crippen molar-refractivity contribution >= 4 is 12.9 Å². The van der Waals surface area contributed by atoms with Gasteiger partial charge in [-0.05, 0) is 70.8 Å². The van der Waals surface area contributed by atoms with E-state index in [0.717, 1.165) is 45.1 Å². The Morgan fingerprint density at radius 2 is 1.44 bits per heavy atom. The molecule has 0 N–H and O–H groups in total. The van der Waals surface area contributed by atoms with Gasteiger partial charge in [-0.1, -0.05) is 65.0 Å². The highest BCUT2D eigenvalue weighted by Gasteiger charge is 2.35. The first-order chi connectivity index (χ1) is 17.3. The standard InChI is InChI=1S/C25H39NO4.2C2H6.CH2O/c1-19-9-8-16-26(24(27)30-25(2,3)4)23(19)18-29-22-14-12-21(13-15-22)28-17-20-10-6-5-7-11-20;3*1-2/h5-7,10-11,19,21-23H,8-9,12-18H2,1-4H3;2*1-2H3;1H2. The Balaban J connectivity index is 0.00000190. The fourth-order valence-electron chi connectivity index (χ4n) is 4.44. The Morgan fingerprint density at radius 3 is 1.97 bits per heavy atom. The first kappa shape index (κ1) is 34.1. The van der Waals surface area contributed by atoms with Crippen molar-refractivity contribution in [3.8, 4) is 0 Å². The van der Waals surface area contributed by atoms with E-state index >= 15 is 0 Å². The third kappa shape index (κ3) is 12.9. The molecule has 2 unspecified atom stereocenters. The highest BCUT2D eigenvalue weighted by molar-refractivity contribution is 5.68. The molecule has 3 rings (SSSR count). The SMILES string of the molecule is C=O.CC.CC.CC1CCCN(C(=O)OC(C)(C)C)C1COC1CCC(OCc2ccccc2)CC1. The van der Waals surface area contributed by atoms with Gasteiger partial charge in [0, 0.05) is 6.54 Å². The van der Waals surface area contributed by atoms with Crippen LogP contribution >= 0.6 is 0 Å². The lowest BCUT2D eigenvalue weighted by atomic mass is 9.91. The predicted octanol–water partition coefficient (Wildman–Crippen LogP) is 7.43. The van der Waals surface area contributed by atoms with Crippen LogP contribution in [0, 0.1) is 5.92 Å². The van der Waals surface area contributed by atoms with Gasteiger partial charge in [0.25, 0.3) is 0 Å². The minimum atomic E-state index is -0.471. The number of amides is 1. The highest BCUT2D eigenvalue weighted by Crippen LogP contribution is 2.28. The van der Waals surface area contributed by atoms with Crippen molar-refractivity contribution in [1.29, 1.82) is 0 Å². The average Bonchev–Trinajstić information content (AvgIpc) is 2.90. The van der Waals surface area contributed by atoms with Crippen LogP contribution in [0.5, 0.6) is 0 Å². The van der Waals surface area contributed by atoms with E-state index in [9.17, 15) is 4.79 Å². The zero-order valence-electron chi connectivity index (χ0n) is 24.3. The molecule has 1 amide bonds. The second-order valence-corrected chi connectivity index (χ2v) is 9.89. The monoisotopic (exact) mass is 507 g/mol. The van der Waals surface area contributed by atoms with Gasteiger partial charge in [-0.3, -0.25) is 0 Å². The summed E-state index contributed by atoms with van der Waals surface area (Å²) in [6.45, 7) is 20.0. The molecule has 0 spiro atoms. The molecule has 36 heavy (non-hydrogen) atoms. The van der Waals surface area contributed by atoms with E-state index in [1.807, 2.05) is 66.2 Å². The van der Waals surface area contributed by atoms with Crippen molar-refractivity contribution in [1.82, 2.24) is 4.90 Å². The summed E-state index contributed by atoms with van der Waals surface area (Å²) < 4.78 is 18.0. The van der Waals surface area contributed by atoms with Crippen LogP contribution in [-0.2, 0) is 25.6 Å². The summed E-state index contributed by atoms with van der Waals surface area (Å²) in [7, 11) is 0. The van der Waals surface area contributed by atoms with Gasteiger partial charge < -0.3 is 23.9 Å². The van der Waals surface area contributed by atoms with Crippen LogP contribution in [-0.4, -0.2) is 54.8 Å². The Bertz CT molecular complexity index is 668. The topological polar surface area (TPSA) is 65.1 Å². The van der Waals surface area contributed by atoms with E-state index in [2.05, 4.69) is 31.2 Å². The Hall–Kier alpha value is -1.92. The smallest absolute Gasteiger partial charge is 0.410 e. The molecule has 0 radical (unpaired) electrons. The maximum Gasteiger partial charge on any atom is 0.410 e. The fourth-order valence-corrected chi connectivity index (χ4v) is 4.44. The Morgan fingerprint density at radius 1 is 0.917 bits per heavy atom. The van der Waals surface area contributed by atoms with Gasteiger partial charge in [-0.2, -0.15) is 0 Å². The summed E-state index contributed by atoms with van der Waals surface area (Å²) in [6, 6.07) is 10.4. The van der Waals surface area contributed by atoms with E-state index in [-0.39, 0.29) is 18.2 Å². The van der Waals surface area contributed by atoms with Gasteiger partial charge in [0.2, 0.25) is 0 Å². The summed E-state index contributed by atoms with van der Waals surface area (Å²) in [4.78, 5) is 22.6. The molecule has 1 saturated heterocycles. The van der Waals surface area contributed by atoms with E-state index in [4.69, 9.17) is 19.0 Å². The van der Waals surface area contributed by atoms with Crippen molar-refractivity contribution in [3.05, 3.63) is 35.9 Å². The summed E-state index contributed by atoms with van der Waals surface area (Å²) in [5.41, 5.74) is 0.755. The molecule has 2 fully saturated rings. The molecule has 1 saturated carbocycles. The van der Waals surface area contributed by atoms with Crippen LogP contribution in [0.4, 0.5) is 4.79 Å². The molecule has 208 valence electrons. The number of hydrogen-bond donors (Lipinski definition) is 0. The van der Waals surface area contributed by atoms with Gasteiger partial charge in [-0.15, -0.1) is 0 Å². The van der Waals surface area contributed by atoms with Crippen molar-refractivity contribution < 1.29 is 23.8 Å². The quantitative estimate of drug-likeness (QED) is 0.400. The van der Waals surface area contributed by atoms with E-state index in [0.29, 0.717) is 25.2 Å². The van der Waals surface area contributed by atoms with Crippen LogP contribution < -0.4 is 0 Å². The highest BCUT2D eigenvalue weighted by atomic mass is 16.6. The molecule has 2 atom stereocenters. The lowest BCUT2D eigenvalue weighted by molar-refractivity contribution is -0.0980. The number of likely N-dealkylation sites (tertiary alicyclic amines) is 1. The second kappa shape index (κ2) is 19.2. The molecule has 6 heteroatoms. The number of carbonyl (C=O) groups excluding carboxylic acids is 2. The van der Waals surface area contributed by atoms with Gasteiger partial charge >= 0.3 is 6.09 Å². The molecule has 1 aromatic rings. The number of benzene rings is 1. The maximum atomic E-state index is 12.7. The van der Waals surface area contributed by atoms with Gasteiger partial charge in [0.1, 0.15) is 12.4 Å². The zero-order valence-corrected chi connectivity index (χ0v) is 24.3. The third-order valence-corrected chi connectivity index (χ3v) is 6.20. The first-order valence-electron chi connectivity index (χ1n) is 13.9. The molecular weight excluding hydrogens is 454 g/mol. The minimum Gasteiger partial charge on any atom is -0.444 e. The second-order valence-electron chi connectivity index (χ2n) is 9.89. The van der Waals surface area contributed by atoms with Gasteiger partial charge in [0.15, 0.2) is 0 Å². The lowest BCUT2D eigenvalue weighted by Crippen LogP contribution is -2.52. The molecule has 0 aromatic heterocycles.